The van der Waals surface area contributed by atoms with Gasteiger partial charge in [0, 0.05) is 29.9 Å². The van der Waals surface area contributed by atoms with E-state index in [9.17, 15) is 4.79 Å². The van der Waals surface area contributed by atoms with Gasteiger partial charge >= 0.3 is 0 Å². The molecule has 0 aliphatic carbocycles. The molecule has 0 spiro atoms. The van der Waals surface area contributed by atoms with Crippen molar-refractivity contribution < 1.29 is 9.53 Å². The molecular formula is C25H23N3O2. The van der Waals surface area contributed by atoms with Crippen LogP contribution >= 0.6 is 0 Å². The summed E-state index contributed by atoms with van der Waals surface area (Å²) in [4.78, 5) is 21.8. The molecule has 2 aromatic carbocycles. The number of fused-ring (bicyclic) bond motifs is 1. The molecule has 2 aromatic heterocycles. The van der Waals surface area contributed by atoms with Gasteiger partial charge in [-0.15, -0.1) is 0 Å². The summed E-state index contributed by atoms with van der Waals surface area (Å²) in [5.74, 6) is 0.689. The molecular weight excluding hydrogens is 374 g/mol. The summed E-state index contributed by atoms with van der Waals surface area (Å²) >= 11 is 0. The van der Waals surface area contributed by atoms with Gasteiger partial charge in [-0.2, -0.15) is 0 Å². The first-order chi connectivity index (χ1) is 14.6. The number of hydrogen-bond acceptors (Lipinski definition) is 4. The summed E-state index contributed by atoms with van der Waals surface area (Å²) in [5, 5.41) is 3.85. The van der Waals surface area contributed by atoms with Gasteiger partial charge in [0.2, 0.25) is 0 Å². The molecule has 0 saturated carbocycles. The summed E-state index contributed by atoms with van der Waals surface area (Å²) in [6, 6.07) is 21.1. The third-order valence-corrected chi connectivity index (χ3v) is 4.69. The second-order valence-electron chi connectivity index (χ2n) is 7.30. The lowest BCUT2D eigenvalue weighted by Crippen LogP contribution is -2.23. The number of para-hydroxylation sites is 1. The molecule has 0 bridgehead atoms. The number of carbonyl (C=O) groups is 1. The van der Waals surface area contributed by atoms with Crippen LogP contribution in [0.4, 0.5) is 0 Å². The maximum Gasteiger partial charge on any atom is 0.252 e. The van der Waals surface area contributed by atoms with Crippen LogP contribution in [0.2, 0.25) is 0 Å². The third-order valence-electron chi connectivity index (χ3n) is 4.69. The fourth-order valence-corrected chi connectivity index (χ4v) is 3.27. The first kappa shape index (κ1) is 19.6. The molecule has 0 unspecified atom stereocenters. The molecule has 0 fully saturated rings. The molecule has 4 rings (SSSR count). The van der Waals surface area contributed by atoms with Crippen molar-refractivity contribution in [1.29, 1.82) is 0 Å². The highest BCUT2D eigenvalue weighted by molar-refractivity contribution is 6.07. The molecule has 5 nitrogen and oxygen atoms in total. The van der Waals surface area contributed by atoms with Crippen LogP contribution in [0.25, 0.3) is 22.2 Å². The Morgan fingerprint density at radius 1 is 1.00 bits per heavy atom. The quantitative estimate of drug-likeness (QED) is 0.496. The molecule has 5 heteroatoms. The first-order valence-electron chi connectivity index (χ1n) is 9.94. The number of ether oxygens (including phenoxy) is 1. The lowest BCUT2D eigenvalue weighted by Gasteiger charge is -2.12. The fourth-order valence-electron chi connectivity index (χ4n) is 3.27. The third kappa shape index (κ3) is 4.46. The van der Waals surface area contributed by atoms with Gasteiger partial charge in [0.1, 0.15) is 5.75 Å². The van der Waals surface area contributed by atoms with Crippen LogP contribution in [0.1, 0.15) is 29.8 Å². The van der Waals surface area contributed by atoms with Crippen LogP contribution < -0.4 is 10.1 Å². The first-order valence-corrected chi connectivity index (χ1v) is 9.94. The zero-order chi connectivity index (χ0) is 20.9. The van der Waals surface area contributed by atoms with Crippen LogP contribution in [0.15, 0.2) is 79.1 Å². The van der Waals surface area contributed by atoms with E-state index in [0.29, 0.717) is 12.1 Å². The molecule has 0 radical (unpaired) electrons. The van der Waals surface area contributed by atoms with E-state index in [4.69, 9.17) is 9.72 Å². The van der Waals surface area contributed by atoms with Gasteiger partial charge in [0.25, 0.3) is 5.91 Å². The Hall–Kier alpha value is -3.73. The molecule has 0 saturated heterocycles. The van der Waals surface area contributed by atoms with Crippen LogP contribution in [-0.4, -0.2) is 22.0 Å². The van der Waals surface area contributed by atoms with Crippen molar-refractivity contribution >= 4 is 16.8 Å². The summed E-state index contributed by atoms with van der Waals surface area (Å²) in [7, 11) is 0. The molecule has 0 aliphatic heterocycles. The lowest BCUT2D eigenvalue weighted by molar-refractivity contribution is 0.0952. The zero-order valence-corrected chi connectivity index (χ0v) is 17.0. The minimum absolute atomic E-state index is 0.130. The van der Waals surface area contributed by atoms with Crippen molar-refractivity contribution in [2.75, 3.05) is 0 Å². The molecule has 1 N–H and O–H groups in total. The maximum absolute atomic E-state index is 13.1. The van der Waals surface area contributed by atoms with Crippen LogP contribution in [0, 0.1) is 0 Å². The molecule has 1 amide bonds. The van der Waals surface area contributed by atoms with E-state index in [2.05, 4.69) is 10.3 Å². The number of carbonyl (C=O) groups excluding carboxylic acids is 1. The average Bonchev–Trinajstić information content (AvgIpc) is 2.78. The van der Waals surface area contributed by atoms with E-state index in [1.165, 1.54) is 0 Å². The smallest absolute Gasteiger partial charge is 0.252 e. The van der Waals surface area contributed by atoms with Gasteiger partial charge in [-0.05, 0) is 55.8 Å². The predicted octanol–water partition coefficient (Wildman–Crippen LogP) is 5.01. The van der Waals surface area contributed by atoms with Crippen molar-refractivity contribution in [2.45, 2.75) is 26.5 Å². The molecule has 2 heterocycles. The van der Waals surface area contributed by atoms with Crippen molar-refractivity contribution in [3.63, 3.8) is 0 Å². The fraction of sp³-hybridized carbons (Fsp3) is 0.160. The Morgan fingerprint density at radius 2 is 1.73 bits per heavy atom. The minimum Gasteiger partial charge on any atom is -0.491 e. The molecule has 4 aromatic rings. The van der Waals surface area contributed by atoms with Gasteiger partial charge in [0.05, 0.1) is 22.9 Å². The number of nitrogens with one attached hydrogen (secondary N) is 1. The maximum atomic E-state index is 13.1. The van der Waals surface area contributed by atoms with Crippen LogP contribution in [-0.2, 0) is 6.54 Å². The van der Waals surface area contributed by atoms with E-state index < -0.39 is 0 Å². The summed E-state index contributed by atoms with van der Waals surface area (Å²) < 4.78 is 5.67. The van der Waals surface area contributed by atoms with E-state index in [-0.39, 0.29) is 12.0 Å². The highest BCUT2D eigenvalue weighted by Crippen LogP contribution is 2.24. The molecule has 150 valence electrons. The lowest BCUT2D eigenvalue weighted by atomic mass is 10.0. The van der Waals surface area contributed by atoms with Gasteiger partial charge in [-0.3, -0.25) is 9.78 Å². The average molecular weight is 397 g/mol. The zero-order valence-electron chi connectivity index (χ0n) is 17.0. The summed E-state index contributed by atoms with van der Waals surface area (Å²) in [5.41, 5.74) is 4.06. The number of pyridine rings is 2. The largest absolute Gasteiger partial charge is 0.491 e. The number of hydrogen-bond donors (Lipinski definition) is 1. The molecule has 30 heavy (non-hydrogen) atoms. The SMILES string of the molecule is CC(C)Oc1ccc(CNC(=O)c2cc(-c3ccncc3)nc3ccccc23)cc1. The van der Waals surface area contributed by atoms with E-state index in [0.717, 1.165) is 33.5 Å². The van der Waals surface area contributed by atoms with Gasteiger partial charge in [-0.1, -0.05) is 30.3 Å². The molecule has 0 atom stereocenters. The van der Waals surface area contributed by atoms with Crippen LogP contribution in [0.5, 0.6) is 5.75 Å². The van der Waals surface area contributed by atoms with Crippen molar-refractivity contribution in [2.24, 2.45) is 0 Å². The van der Waals surface area contributed by atoms with Crippen molar-refractivity contribution in [1.82, 2.24) is 15.3 Å². The van der Waals surface area contributed by atoms with Crippen molar-refractivity contribution in [3.05, 3.63) is 90.3 Å². The monoisotopic (exact) mass is 397 g/mol. The normalized spacial score (nSPS) is 10.9. The summed E-state index contributed by atoms with van der Waals surface area (Å²) in [6.45, 7) is 4.42. The Bertz CT molecular complexity index is 1160. The second-order valence-corrected chi connectivity index (χ2v) is 7.30. The Balaban J connectivity index is 1.58. The Kier molecular flexibility index (Phi) is 5.70. The number of nitrogens with zero attached hydrogens (tertiary/aromatic N) is 2. The van der Waals surface area contributed by atoms with E-state index >= 15 is 0 Å². The minimum atomic E-state index is -0.133. The predicted molar refractivity (Wildman–Crippen MR) is 118 cm³/mol. The number of benzene rings is 2. The number of rotatable bonds is 6. The highest BCUT2D eigenvalue weighted by Gasteiger charge is 2.14. The van der Waals surface area contributed by atoms with E-state index in [1.807, 2.05) is 80.6 Å². The Morgan fingerprint density at radius 3 is 2.47 bits per heavy atom. The Labute approximate surface area is 175 Å². The van der Waals surface area contributed by atoms with Crippen LogP contribution in [0.3, 0.4) is 0 Å². The van der Waals surface area contributed by atoms with Gasteiger partial charge < -0.3 is 10.1 Å². The topological polar surface area (TPSA) is 64.1 Å². The van der Waals surface area contributed by atoms with Gasteiger partial charge in [0.15, 0.2) is 0 Å². The number of amides is 1. The van der Waals surface area contributed by atoms with E-state index in [1.54, 1.807) is 12.4 Å². The molecule has 0 aliphatic rings. The standard InChI is InChI=1S/C25H23N3O2/c1-17(2)30-20-9-7-18(8-10-20)16-27-25(29)22-15-24(19-11-13-26-14-12-19)28-23-6-4-3-5-21(22)23/h3-15,17H,16H2,1-2H3,(H,27,29). The van der Waals surface area contributed by atoms with Crippen molar-refractivity contribution in [3.8, 4) is 17.0 Å². The second kappa shape index (κ2) is 8.74. The summed E-state index contributed by atoms with van der Waals surface area (Å²) in [6.07, 6.45) is 3.57. The van der Waals surface area contributed by atoms with Gasteiger partial charge in [-0.25, -0.2) is 4.98 Å². The number of aromatic nitrogens is 2. The highest BCUT2D eigenvalue weighted by atomic mass is 16.5.